The molecule has 22 N–H and O–H groups in total. The number of nitrogens with one attached hydrogen (secondary N) is 8. The summed E-state index contributed by atoms with van der Waals surface area (Å²) < 4.78 is 142. The standard InChI is InChI=1S/C22H26N2O9S.C17H20N4O7S.C12H15NO6S.C10H13NO4.C7H7NO5S.C5H12N2O2.2CH4.B.FH.2H2N2/c1-22(2,3)33-21(29)20(28)15-9-8-14(13-16(15)34(30,31)32)23-17(25)7-5-4-6-12-24-18(26)10-11-19(24)27;18-20-17(25)12-6-5-11(10-13(12)29(26,27)28)19-14(22)4-2-1-3-9-21-15(23)7-8-16(21)24;1-12(2,3)19-11(15)10(14)8-5-4-7(13)6-9(8)20(16,17)18;12-8-5-6-9(13)11(8)7-3-1-2-4-10(14)15;8-4-1-2-5(7(9)10)6(3-4)14(11,12)13;1-5(2,3)9-4(8)7-6;;;;;2*1-2/h8-11,13H,4-7,12H2,1-3H3,(H,23,25)(H,30,31,32);5-8,10H,1-4,9,18H2,(H,19,22)(H,20,25)(H,26,27,28);4-6H,13H2,1-3H3,(H,16,17,18);5-6H,1-4,7H2,(H,14,15);1-3H,8H2,(H,9,10)(H,11,12,13);6H2,1-3H3,(H,7,8);2*1H4;;1H;2*1-2H. The second kappa shape index (κ2) is 56.8. The van der Waals surface area contributed by atoms with Gasteiger partial charge in [-0.1, -0.05) is 34.1 Å². The molecule has 0 fully saturated rings. The van der Waals surface area contributed by atoms with Crippen LogP contribution in [0, 0.1) is 22.1 Å². The Bertz CT molecular complexity index is 5210. The van der Waals surface area contributed by atoms with Gasteiger partial charge in [0.05, 0.1) is 22.3 Å². The SMILES string of the molecule is C.C.CC(C)(C)OC(=O)C(=O)c1ccc(N)cc1S(=O)(=O)O.CC(C)(C)OC(=O)C(=O)c1ccc(NC(=O)CCCCCN2C(=O)C=CC2=O)cc1S(=O)(=O)O.CC(C)(C)OC(=O)NN.F.N=N.N=N.NNC(=O)c1ccc(NC(=O)CCCCCN2C(=O)C=CC2=O)cc1S(=O)(=O)O.Nc1ccc(C(=O)O)c(S(=O)(=O)O)c1.O=C(O)CCCCCN1C(=O)C=CC1=O.[B]. The number of imide groups is 3. The van der Waals surface area contributed by atoms with Crippen molar-refractivity contribution in [2.24, 2.45) is 11.7 Å². The van der Waals surface area contributed by atoms with E-state index in [1.54, 1.807) is 47.0 Å². The van der Waals surface area contributed by atoms with Crippen LogP contribution in [-0.2, 0) is 107 Å². The van der Waals surface area contributed by atoms with E-state index in [-0.39, 0.29) is 124 Å². The number of amides is 10. The average molecular weight is 1900 g/mol. The third-order valence-electron chi connectivity index (χ3n) is 15.0. The number of nitrogens with zero attached hydrogens (tertiary/aromatic N) is 3. The Morgan fingerprint density at radius 1 is 0.388 bits per heavy atom. The fourth-order valence-electron chi connectivity index (χ4n) is 9.71. The van der Waals surface area contributed by atoms with Crippen molar-refractivity contribution in [1.82, 2.24) is 25.6 Å². The molecule has 48 nitrogen and oxygen atoms in total. The Hall–Kier alpha value is -13.2. The van der Waals surface area contributed by atoms with Gasteiger partial charge in [-0.05, 0) is 174 Å². The Labute approximate surface area is 743 Å². The van der Waals surface area contributed by atoms with E-state index >= 15 is 0 Å². The van der Waals surface area contributed by atoms with E-state index in [4.69, 9.17) is 78.8 Å². The number of halogens is 1. The van der Waals surface area contributed by atoms with Gasteiger partial charge < -0.3 is 46.5 Å². The molecular weight excluding hydrogens is 1800 g/mol. The lowest BCUT2D eigenvalue weighted by molar-refractivity contribution is -0.149. The summed E-state index contributed by atoms with van der Waals surface area (Å²) in [5.74, 6) is -1.24. The number of carbonyl (C=O) groups is 16. The molecule has 0 saturated carbocycles. The molecule has 0 atom stereocenters. The number of ketones is 2. The van der Waals surface area contributed by atoms with Crippen molar-refractivity contribution in [3.63, 3.8) is 0 Å². The highest BCUT2D eigenvalue weighted by Crippen LogP contribution is 2.27. The molecule has 713 valence electrons. The van der Waals surface area contributed by atoms with Gasteiger partial charge in [-0.25, -0.2) is 53.0 Å². The van der Waals surface area contributed by atoms with Crippen molar-refractivity contribution in [2.75, 3.05) is 41.7 Å². The van der Waals surface area contributed by atoms with Crippen LogP contribution in [0.15, 0.2) is 129 Å². The van der Waals surface area contributed by atoms with Crippen LogP contribution in [0.3, 0.4) is 0 Å². The molecule has 3 aliphatic heterocycles. The number of nitrogens with two attached hydrogens (primary N) is 4. The Balaban J connectivity index is -0.000000491. The molecular formula is C75H106BFN15O33S4. The Kier molecular flexibility index (Phi) is 54.7. The number of anilines is 4. The second-order valence-corrected chi connectivity index (χ2v) is 33.9. The number of hydrogen-bond donors (Lipinski definition) is 18. The van der Waals surface area contributed by atoms with Crippen LogP contribution in [0.25, 0.3) is 0 Å². The highest BCUT2D eigenvalue weighted by atomic mass is 32.2. The first kappa shape index (κ1) is 124. The second-order valence-electron chi connectivity index (χ2n) is 28.3. The van der Waals surface area contributed by atoms with E-state index in [9.17, 15) is 119 Å². The van der Waals surface area contributed by atoms with E-state index in [1.807, 2.05) is 5.43 Å². The normalized spacial score (nSPS) is 12.3. The number of unbranched alkanes of at least 4 members (excludes halogenated alkanes) is 6. The van der Waals surface area contributed by atoms with E-state index in [2.05, 4.69) is 10.6 Å². The summed E-state index contributed by atoms with van der Waals surface area (Å²) in [6.07, 6.45) is 12.1. The number of aromatic carboxylic acids is 1. The third kappa shape index (κ3) is 46.7. The fraction of sp³-hybridized carbons (Fsp3) is 0.387. The predicted molar refractivity (Wildman–Crippen MR) is 457 cm³/mol. The van der Waals surface area contributed by atoms with E-state index in [0.717, 1.165) is 58.3 Å². The minimum atomic E-state index is -4.90. The quantitative estimate of drug-likeness (QED) is 0.00218. The summed E-state index contributed by atoms with van der Waals surface area (Å²) in [4.78, 5) is 183. The maximum Gasteiger partial charge on any atom is 0.421 e. The summed E-state index contributed by atoms with van der Waals surface area (Å²) in [7, 11) is -18.9. The molecule has 3 radical (unpaired) electrons. The van der Waals surface area contributed by atoms with Crippen molar-refractivity contribution >= 4 is 166 Å². The number of carboxylic acid groups (broad SMARTS) is 2. The number of aliphatic carboxylic acids is 1. The number of carbonyl (C=O) groups excluding carboxylic acids is 14. The first-order valence-electron chi connectivity index (χ1n) is 36.0. The minimum absolute atomic E-state index is 0. The summed E-state index contributed by atoms with van der Waals surface area (Å²) >= 11 is 0. The van der Waals surface area contributed by atoms with Gasteiger partial charge in [-0.3, -0.25) is 106 Å². The molecule has 0 unspecified atom stereocenters. The lowest BCUT2D eigenvalue weighted by Crippen LogP contribution is -2.36. The third-order valence-corrected chi connectivity index (χ3v) is 18.6. The summed E-state index contributed by atoms with van der Waals surface area (Å²) in [5, 5.41) is 21.9. The lowest BCUT2D eigenvalue weighted by Gasteiger charge is -2.19. The van der Waals surface area contributed by atoms with Gasteiger partial charge in [0.25, 0.3) is 93.4 Å². The molecule has 3 heterocycles. The topological polar surface area (TPSA) is 816 Å². The summed E-state index contributed by atoms with van der Waals surface area (Å²) in [5.41, 5.74) is 30.1. The summed E-state index contributed by atoms with van der Waals surface area (Å²) in [6, 6.07) is 12.8. The number of nitrogen functional groups attached to an aromatic ring is 3. The highest BCUT2D eigenvalue weighted by molar-refractivity contribution is 7.86. The maximum atomic E-state index is 12.4. The van der Waals surface area contributed by atoms with Crippen molar-refractivity contribution in [2.45, 2.75) is 191 Å². The highest BCUT2D eigenvalue weighted by Gasteiger charge is 2.33. The molecule has 4 aromatic carbocycles. The largest absolute Gasteiger partial charge is 0.481 e. The number of hydrazine groups is 2. The molecule has 7 rings (SSSR count). The maximum absolute atomic E-state index is 12.4. The zero-order chi connectivity index (χ0) is 96.7. The van der Waals surface area contributed by atoms with E-state index < -0.39 is 153 Å². The molecule has 0 saturated heterocycles. The zero-order valence-corrected chi connectivity index (χ0v) is 72.7. The van der Waals surface area contributed by atoms with Gasteiger partial charge in [0.15, 0.2) is 0 Å². The van der Waals surface area contributed by atoms with Crippen LogP contribution in [0.1, 0.15) is 196 Å². The number of Topliss-reactive ketones (excluding diaryl/α,β-unsaturated/α-hetero) is 2. The molecule has 0 aliphatic carbocycles. The van der Waals surface area contributed by atoms with Gasteiger partial charge in [-0.2, -0.15) is 33.7 Å². The van der Waals surface area contributed by atoms with Crippen molar-refractivity contribution < 1.29 is 158 Å². The number of esters is 2. The molecule has 129 heavy (non-hydrogen) atoms. The smallest absolute Gasteiger partial charge is 0.421 e. The van der Waals surface area contributed by atoms with Crippen LogP contribution >= 0.6 is 0 Å². The molecule has 0 aromatic heterocycles. The summed E-state index contributed by atoms with van der Waals surface area (Å²) in [6.45, 7) is 15.5. The lowest BCUT2D eigenvalue weighted by atomic mass is 10.1. The van der Waals surface area contributed by atoms with Crippen LogP contribution in [0.4, 0.5) is 32.2 Å². The van der Waals surface area contributed by atoms with Crippen LogP contribution in [0.5, 0.6) is 0 Å². The predicted octanol–water partition coefficient (Wildman–Crippen LogP) is 6.27. The number of rotatable bonds is 30. The number of ether oxygens (including phenoxy) is 3. The van der Waals surface area contributed by atoms with Gasteiger partial charge >= 0.3 is 30.0 Å². The molecule has 0 bridgehead atoms. The van der Waals surface area contributed by atoms with Gasteiger partial charge in [-0.15, -0.1) is 0 Å². The molecule has 54 heteroatoms. The number of hydrogen-bond acceptors (Lipinski definition) is 35. The first-order valence-corrected chi connectivity index (χ1v) is 41.8. The van der Waals surface area contributed by atoms with E-state index in [1.165, 1.54) is 86.4 Å². The van der Waals surface area contributed by atoms with Gasteiger partial charge in [0.2, 0.25) is 11.8 Å². The molecule has 10 amide bonds. The van der Waals surface area contributed by atoms with Crippen molar-refractivity contribution in [3.05, 3.63) is 132 Å². The fourth-order valence-corrected chi connectivity index (χ4v) is 12.6. The van der Waals surface area contributed by atoms with Crippen LogP contribution in [0.2, 0.25) is 0 Å². The average Bonchev–Trinajstić information content (AvgIpc) is 0.860. The molecule has 4 aromatic rings. The van der Waals surface area contributed by atoms with Gasteiger partial charge in [0.1, 0.15) is 36.4 Å². The van der Waals surface area contributed by atoms with Crippen molar-refractivity contribution in [3.8, 4) is 0 Å². The Morgan fingerprint density at radius 2 is 0.651 bits per heavy atom. The monoisotopic (exact) mass is 1900 g/mol. The molecule has 3 aliphatic rings. The van der Waals surface area contributed by atoms with E-state index in [0.29, 0.717) is 64.3 Å². The first-order chi connectivity index (χ1) is 57.6. The number of benzene rings is 4. The van der Waals surface area contributed by atoms with Crippen molar-refractivity contribution in [1.29, 1.82) is 22.1 Å². The number of carboxylic acids is 2. The van der Waals surface area contributed by atoms with Crippen LogP contribution < -0.4 is 44.6 Å². The minimum Gasteiger partial charge on any atom is -0.481 e. The van der Waals surface area contributed by atoms with Crippen LogP contribution in [-0.4, -0.2) is 216 Å². The Morgan fingerprint density at radius 3 is 0.915 bits per heavy atom. The van der Waals surface area contributed by atoms with Gasteiger partial charge in [0, 0.05) is 107 Å². The zero-order valence-electron chi connectivity index (χ0n) is 69.5. The molecule has 0 spiro atoms.